The zero-order valence-corrected chi connectivity index (χ0v) is 15.9. The number of nitro groups is 1. The van der Waals surface area contributed by atoms with Crippen LogP contribution in [0.25, 0.3) is 0 Å². The van der Waals surface area contributed by atoms with Crippen molar-refractivity contribution < 1.29 is 14.8 Å². The molecule has 1 fully saturated rings. The molecule has 0 spiro atoms. The van der Waals surface area contributed by atoms with Gasteiger partial charge in [0, 0.05) is 41.9 Å². The standard InChI is InChI=1S/C20H20ClN3O4/c21-15-4-2-1-3-14(15)20(26)7-9-23(10-8-20)17-12-16-13(5-6-19(25)22-16)11-18(17)24(27)28/h1-4,11-12,26H,5-10H2,(H,22,25). The van der Waals surface area contributed by atoms with E-state index in [0.29, 0.717) is 60.7 Å². The molecule has 7 nitrogen and oxygen atoms in total. The maximum Gasteiger partial charge on any atom is 0.292 e. The highest BCUT2D eigenvalue weighted by Crippen LogP contribution is 2.41. The first kappa shape index (κ1) is 18.7. The number of carbonyl (C=O) groups excluding carboxylic acids is 1. The van der Waals surface area contributed by atoms with Crippen molar-refractivity contribution in [1.82, 2.24) is 0 Å². The quantitative estimate of drug-likeness (QED) is 0.605. The number of aryl methyl sites for hydroxylation is 1. The fraction of sp³-hybridized carbons (Fsp3) is 0.350. The van der Waals surface area contributed by atoms with Crippen molar-refractivity contribution in [3.05, 3.63) is 62.7 Å². The number of halogens is 1. The van der Waals surface area contributed by atoms with Gasteiger partial charge < -0.3 is 15.3 Å². The topological polar surface area (TPSA) is 95.7 Å². The summed E-state index contributed by atoms with van der Waals surface area (Å²) < 4.78 is 0. The molecule has 2 aromatic rings. The Labute approximate surface area is 167 Å². The molecule has 2 aromatic carbocycles. The van der Waals surface area contributed by atoms with Crippen LogP contribution in [0.1, 0.15) is 30.4 Å². The summed E-state index contributed by atoms with van der Waals surface area (Å²) in [6.07, 6.45) is 1.63. The number of nitrogens with one attached hydrogen (secondary N) is 1. The number of fused-ring (bicyclic) bond motifs is 1. The molecule has 0 aromatic heterocycles. The molecule has 0 bridgehead atoms. The van der Waals surface area contributed by atoms with E-state index in [1.807, 2.05) is 23.1 Å². The molecule has 28 heavy (non-hydrogen) atoms. The number of hydrogen-bond acceptors (Lipinski definition) is 5. The lowest BCUT2D eigenvalue weighted by molar-refractivity contribution is -0.384. The molecule has 0 saturated carbocycles. The van der Waals surface area contributed by atoms with E-state index in [-0.39, 0.29) is 16.5 Å². The second kappa shape index (κ2) is 7.07. The average molecular weight is 402 g/mol. The summed E-state index contributed by atoms with van der Waals surface area (Å²) in [6.45, 7) is 0.880. The number of hydrogen-bond donors (Lipinski definition) is 2. The molecule has 1 amide bonds. The summed E-state index contributed by atoms with van der Waals surface area (Å²) in [5.41, 5.74) is 1.52. The van der Waals surface area contributed by atoms with E-state index in [1.54, 1.807) is 18.2 Å². The molecular formula is C20H20ClN3O4. The molecular weight excluding hydrogens is 382 g/mol. The number of piperidine rings is 1. The van der Waals surface area contributed by atoms with Gasteiger partial charge in [-0.2, -0.15) is 0 Å². The largest absolute Gasteiger partial charge is 0.385 e. The molecule has 2 aliphatic rings. The highest BCUT2D eigenvalue weighted by atomic mass is 35.5. The molecule has 0 radical (unpaired) electrons. The maximum absolute atomic E-state index is 11.7. The number of carbonyl (C=O) groups is 1. The Morgan fingerprint density at radius 3 is 2.57 bits per heavy atom. The molecule has 0 atom stereocenters. The highest BCUT2D eigenvalue weighted by molar-refractivity contribution is 6.31. The van der Waals surface area contributed by atoms with Gasteiger partial charge in [0.1, 0.15) is 5.69 Å². The van der Waals surface area contributed by atoms with E-state index in [0.717, 1.165) is 5.56 Å². The van der Waals surface area contributed by atoms with Gasteiger partial charge in [0.2, 0.25) is 5.91 Å². The zero-order chi connectivity index (χ0) is 19.9. The van der Waals surface area contributed by atoms with E-state index in [9.17, 15) is 20.0 Å². The molecule has 0 unspecified atom stereocenters. The minimum absolute atomic E-state index is 0.0260. The lowest BCUT2D eigenvalue weighted by Crippen LogP contribution is -2.43. The van der Waals surface area contributed by atoms with Crippen molar-refractivity contribution >= 4 is 34.6 Å². The van der Waals surface area contributed by atoms with Gasteiger partial charge in [0.05, 0.1) is 10.5 Å². The predicted molar refractivity (Wildman–Crippen MR) is 107 cm³/mol. The van der Waals surface area contributed by atoms with Gasteiger partial charge in [0.25, 0.3) is 5.69 Å². The second-order valence-electron chi connectivity index (χ2n) is 7.30. The van der Waals surface area contributed by atoms with E-state index < -0.39 is 5.60 Å². The number of benzene rings is 2. The first-order valence-electron chi connectivity index (χ1n) is 9.21. The van der Waals surface area contributed by atoms with Gasteiger partial charge in [-0.05, 0) is 37.0 Å². The van der Waals surface area contributed by atoms with E-state index in [1.165, 1.54) is 0 Å². The van der Waals surface area contributed by atoms with Gasteiger partial charge in [-0.1, -0.05) is 29.8 Å². The molecule has 2 aliphatic heterocycles. The number of nitro benzene ring substituents is 1. The molecule has 146 valence electrons. The maximum atomic E-state index is 11.7. The Hall–Kier alpha value is -2.64. The minimum Gasteiger partial charge on any atom is -0.385 e. The third-order valence-electron chi connectivity index (χ3n) is 5.60. The van der Waals surface area contributed by atoms with Crippen molar-refractivity contribution in [2.45, 2.75) is 31.3 Å². The van der Waals surface area contributed by atoms with Crippen molar-refractivity contribution in [2.24, 2.45) is 0 Å². The number of nitrogens with zero attached hydrogens (tertiary/aromatic N) is 2. The van der Waals surface area contributed by atoms with Crippen molar-refractivity contribution in [3.63, 3.8) is 0 Å². The van der Waals surface area contributed by atoms with E-state index in [2.05, 4.69) is 5.32 Å². The van der Waals surface area contributed by atoms with Crippen LogP contribution < -0.4 is 10.2 Å². The van der Waals surface area contributed by atoms with Crippen LogP contribution in [0.4, 0.5) is 17.1 Å². The van der Waals surface area contributed by atoms with E-state index in [4.69, 9.17) is 11.6 Å². The fourth-order valence-corrected chi connectivity index (χ4v) is 4.34. The van der Waals surface area contributed by atoms with Crippen LogP contribution in [0.15, 0.2) is 36.4 Å². The Balaban J connectivity index is 1.62. The van der Waals surface area contributed by atoms with Crippen LogP contribution >= 0.6 is 11.6 Å². The fourth-order valence-electron chi connectivity index (χ4n) is 4.03. The van der Waals surface area contributed by atoms with Gasteiger partial charge >= 0.3 is 0 Å². The second-order valence-corrected chi connectivity index (χ2v) is 7.71. The zero-order valence-electron chi connectivity index (χ0n) is 15.2. The molecule has 0 aliphatic carbocycles. The number of amides is 1. The van der Waals surface area contributed by atoms with E-state index >= 15 is 0 Å². The van der Waals surface area contributed by atoms with Crippen molar-refractivity contribution in [3.8, 4) is 0 Å². The monoisotopic (exact) mass is 401 g/mol. The summed E-state index contributed by atoms with van der Waals surface area (Å²) in [4.78, 5) is 24.8. The summed E-state index contributed by atoms with van der Waals surface area (Å²) in [5, 5.41) is 26.0. The van der Waals surface area contributed by atoms with Crippen LogP contribution in [-0.2, 0) is 16.8 Å². The number of rotatable bonds is 3. The Bertz CT molecular complexity index is 954. The van der Waals surface area contributed by atoms with Crippen LogP contribution in [0.3, 0.4) is 0 Å². The smallest absolute Gasteiger partial charge is 0.292 e. The van der Waals surface area contributed by atoms with Gasteiger partial charge in [-0.3, -0.25) is 14.9 Å². The molecule has 4 rings (SSSR count). The molecule has 2 heterocycles. The number of anilines is 2. The van der Waals surface area contributed by atoms with Crippen molar-refractivity contribution in [2.75, 3.05) is 23.3 Å². The van der Waals surface area contributed by atoms with Crippen molar-refractivity contribution in [1.29, 1.82) is 0 Å². The Morgan fingerprint density at radius 1 is 1.18 bits per heavy atom. The Morgan fingerprint density at radius 2 is 1.89 bits per heavy atom. The summed E-state index contributed by atoms with van der Waals surface area (Å²) in [7, 11) is 0. The van der Waals surface area contributed by atoms with Crippen LogP contribution in [0, 0.1) is 10.1 Å². The third-order valence-corrected chi connectivity index (χ3v) is 5.93. The Kier molecular flexibility index (Phi) is 4.72. The SMILES string of the molecule is O=C1CCc2cc([N+](=O)[O-])c(N3CCC(O)(c4ccccc4Cl)CC3)cc2N1. The molecule has 1 saturated heterocycles. The first-order chi connectivity index (χ1) is 13.4. The van der Waals surface area contributed by atoms with Gasteiger partial charge in [-0.25, -0.2) is 0 Å². The van der Waals surface area contributed by atoms with Crippen LogP contribution in [0.2, 0.25) is 5.02 Å². The predicted octanol–water partition coefficient (Wildman–Crippen LogP) is 3.62. The average Bonchev–Trinajstić information content (AvgIpc) is 2.67. The lowest BCUT2D eigenvalue weighted by atomic mass is 9.84. The van der Waals surface area contributed by atoms with Crippen LogP contribution in [0.5, 0.6) is 0 Å². The number of aliphatic hydroxyl groups is 1. The molecule has 2 N–H and O–H groups in total. The van der Waals surface area contributed by atoms with Gasteiger partial charge in [0.15, 0.2) is 0 Å². The highest BCUT2D eigenvalue weighted by Gasteiger charge is 2.37. The first-order valence-corrected chi connectivity index (χ1v) is 9.59. The van der Waals surface area contributed by atoms with Gasteiger partial charge in [-0.15, -0.1) is 0 Å². The molecule has 8 heteroatoms. The normalized spacial score (nSPS) is 18.4. The summed E-state index contributed by atoms with van der Waals surface area (Å²) in [5.74, 6) is -0.0842. The minimum atomic E-state index is -1.06. The summed E-state index contributed by atoms with van der Waals surface area (Å²) >= 11 is 6.26. The summed E-state index contributed by atoms with van der Waals surface area (Å²) in [6, 6.07) is 10.5. The third kappa shape index (κ3) is 3.31. The van der Waals surface area contributed by atoms with Crippen LogP contribution in [-0.4, -0.2) is 29.0 Å². The lowest BCUT2D eigenvalue weighted by Gasteiger charge is -2.40.